The maximum atomic E-state index is 4.34. The van der Waals surface area contributed by atoms with Crippen LogP contribution in [0.4, 0.5) is 0 Å². The van der Waals surface area contributed by atoms with Gasteiger partial charge in [-0.15, -0.1) is 11.3 Å². The molecule has 0 amide bonds. The Morgan fingerprint density at radius 3 is 3.06 bits per heavy atom. The summed E-state index contributed by atoms with van der Waals surface area (Å²) in [4.78, 5) is 5.67. The lowest BCUT2D eigenvalue weighted by Crippen LogP contribution is -2.15. The first-order valence-electron chi connectivity index (χ1n) is 6.21. The minimum absolute atomic E-state index is 0.753. The number of nitrogens with zero attached hydrogens (tertiary/aromatic N) is 1. The van der Waals surface area contributed by atoms with Crippen LogP contribution in [0.15, 0.2) is 39.0 Å². The van der Waals surface area contributed by atoms with E-state index in [1.165, 1.54) is 28.9 Å². The number of rotatable bonds is 5. The van der Waals surface area contributed by atoms with E-state index in [9.17, 15) is 0 Å². The first-order valence-corrected chi connectivity index (χ1v) is 7.91. The van der Waals surface area contributed by atoms with Gasteiger partial charge in [-0.25, -0.2) is 4.98 Å². The van der Waals surface area contributed by atoms with E-state index in [1.807, 2.05) is 11.6 Å². The molecule has 0 aliphatic heterocycles. The second kappa shape index (κ2) is 5.43. The van der Waals surface area contributed by atoms with Crippen molar-refractivity contribution in [2.45, 2.75) is 41.6 Å². The summed E-state index contributed by atoms with van der Waals surface area (Å²) in [5.41, 5.74) is 2.72. The van der Waals surface area contributed by atoms with Gasteiger partial charge in [0.1, 0.15) is 0 Å². The minimum Gasteiger partial charge on any atom is -0.310 e. The first kappa shape index (κ1) is 12.2. The summed E-state index contributed by atoms with van der Waals surface area (Å²) in [6.45, 7) is 3.12. The number of benzene rings is 1. The molecule has 1 N–H and O–H groups in total. The molecule has 2 aromatic rings. The third kappa shape index (κ3) is 3.13. The van der Waals surface area contributed by atoms with Crippen LogP contribution in [0.1, 0.15) is 24.0 Å². The van der Waals surface area contributed by atoms with Crippen molar-refractivity contribution >= 4 is 23.1 Å². The van der Waals surface area contributed by atoms with Gasteiger partial charge in [0.25, 0.3) is 0 Å². The predicted molar refractivity (Wildman–Crippen MR) is 77.3 cm³/mol. The molecule has 1 saturated carbocycles. The van der Waals surface area contributed by atoms with Gasteiger partial charge >= 0.3 is 0 Å². The summed E-state index contributed by atoms with van der Waals surface area (Å²) < 4.78 is 1.12. The standard InChI is InChI=1S/C14H16N2S2/c1-10-2-5-13(18-14-15-6-7-17-14)11(8-10)9-16-12-3-4-12/h2,5-8,12,16H,3-4,9H2,1H3. The lowest BCUT2D eigenvalue weighted by Gasteiger charge is -2.10. The summed E-state index contributed by atoms with van der Waals surface area (Å²) in [6, 6.07) is 7.43. The first-order chi connectivity index (χ1) is 8.81. The molecule has 94 valence electrons. The second-order valence-electron chi connectivity index (χ2n) is 4.67. The quantitative estimate of drug-likeness (QED) is 0.897. The van der Waals surface area contributed by atoms with Gasteiger partial charge in [0, 0.05) is 29.1 Å². The molecule has 18 heavy (non-hydrogen) atoms. The van der Waals surface area contributed by atoms with Crippen LogP contribution in [-0.2, 0) is 6.54 Å². The predicted octanol–water partition coefficient (Wildman–Crippen LogP) is 3.85. The molecule has 3 rings (SSSR count). The molecule has 2 nitrogen and oxygen atoms in total. The zero-order chi connectivity index (χ0) is 12.4. The highest BCUT2D eigenvalue weighted by Crippen LogP contribution is 2.32. The Morgan fingerprint density at radius 2 is 2.33 bits per heavy atom. The monoisotopic (exact) mass is 276 g/mol. The van der Waals surface area contributed by atoms with Crippen LogP contribution >= 0.6 is 23.1 Å². The van der Waals surface area contributed by atoms with E-state index in [-0.39, 0.29) is 0 Å². The highest BCUT2D eigenvalue weighted by atomic mass is 32.2. The number of aromatic nitrogens is 1. The molecular formula is C14H16N2S2. The van der Waals surface area contributed by atoms with E-state index in [0.717, 1.165) is 16.9 Å². The fraction of sp³-hybridized carbons (Fsp3) is 0.357. The third-order valence-corrected chi connectivity index (χ3v) is 4.98. The summed E-state index contributed by atoms with van der Waals surface area (Å²) >= 11 is 3.47. The molecule has 0 bridgehead atoms. The highest BCUT2D eigenvalue weighted by molar-refractivity contribution is 8.01. The number of thiazole rings is 1. The van der Waals surface area contributed by atoms with E-state index < -0.39 is 0 Å². The average molecular weight is 276 g/mol. The Bertz CT molecular complexity index is 519. The molecular weight excluding hydrogens is 260 g/mol. The molecule has 0 radical (unpaired) electrons. The van der Waals surface area contributed by atoms with Crippen molar-refractivity contribution in [1.82, 2.24) is 10.3 Å². The zero-order valence-electron chi connectivity index (χ0n) is 10.3. The normalized spacial score (nSPS) is 14.9. The third-order valence-electron chi connectivity index (χ3n) is 2.98. The van der Waals surface area contributed by atoms with Crippen LogP contribution in [-0.4, -0.2) is 11.0 Å². The van der Waals surface area contributed by atoms with Crippen molar-refractivity contribution in [3.05, 3.63) is 40.9 Å². The van der Waals surface area contributed by atoms with E-state index in [4.69, 9.17) is 0 Å². The Hall–Kier alpha value is -0.840. The molecule has 1 aromatic carbocycles. The molecule has 0 atom stereocenters. The van der Waals surface area contributed by atoms with Crippen molar-refractivity contribution < 1.29 is 0 Å². The lowest BCUT2D eigenvalue weighted by atomic mass is 10.1. The largest absolute Gasteiger partial charge is 0.310 e. The number of nitrogens with one attached hydrogen (secondary N) is 1. The van der Waals surface area contributed by atoms with Gasteiger partial charge in [-0.1, -0.05) is 29.5 Å². The summed E-state index contributed by atoms with van der Waals surface area (Å²) in [5, 5.41) is 5.62. The molecule has 1 fully saturated rings. The molecule has 1 aliphatic carbocycles. The minimum atomic E-state index is 0.753. The van der Waals surface area contributed by atoms with Gasteiger partial charge in [-0.3, -0.25) is 0 Å². The zero-order valence-corrected chi connectivity index (χ0v) is 12.0. The Labute approximate surface area is 116 Å². The van der Waals surface area contributed by atoms with Crippen molar-refractivity contribution in [1.29, 1.82) is 0 Å². The fourth-order valence-corrected chi connectivity index (χ4v) is 3.53. The van der Waals surface area contributed by atoms with Gasteiger partial charge in [0.05, 0.1) is 0 Å². The Morgan fingerprint density at radius 1 is 1.44 bits per heavy atom. The Kier molecular flexibility index (Phi) is 3.68. The highest BCUT2D eigenvalue weighted by Gasteiger charge is 2.20. The molecule has 0 unspecified atom stereocenters. The van der Waals surface area contributed by atoms with Crippen molar-refractivity contribution in [2.24, 2.45) is 0 Å². The maximum absolute atomic E-state index is 4.34. The topological polar surface area (TPSA) is 24.9 Å². The van der Waals surface area contributed by atoms with Crippen LogP contribution in [0.5, 0.6) is 0 Å². The van der Waals surface area contributed by atoms with E-state index in [2.05, 4.69) is 35.4 Å². The van der Waals surface area contributed by atoms with Crippen LogP contribution in [0.3, 0.4) is 0 Å². The summed E-state index contributed by atoms with van der Waals surface area (Å²) in [5.74, 6) is 0. The van der Waals surface area contributed by atoms with Crippen molar-refractivity contribution in [3.8, 4) is 0 Å². The lowest BCUT2D eigenvalue weighted by molar-refractivity contribution is 0.680. The molecule has 1 aliphatic rings. The number of hydrogen-bond acceptors (Lipinski definition) is 4. The van der Waals surface area contributed by atoms with E-state index in [1.54, 1.807) is 23.1 Å². The van der Waals surface area contributed by atoms with Crippen molar-refractivity contribution in [2.75, 3.05) is 0 Å². The smallest absolute Gasteiger partial charge is 0.154 e. The summed E-state index contributed by atoms with van der Waals surface area (Å²) in [7, 11) is 0. The molecule has 1 heterocycles. The van der Waals surface area contributed by atoms with Gasteiger partial charge in [-0.2, -0.15) is 0 Å². The molecule has 0 saturated heterocycles. The van der Waals surface area contributed by atoms with Gasteiger partial charge in [-0.05, 0) is 31.4 Å². The second-order valence-corrected chi connectivity index (χ2v) is 6.85. The summed E-state index contributed by atoms with van der Waals surface area (Å²) in [6.07, 6.45) is 4.53. The van der Waals surface area contributed by atoms with Gasteiger partial charge < -0.3 is 5.32 Å². The molecule has 1 aromatic heterocycles. The van der Waals surface area contributed by atoms with Crippen molar-refractivity contribution in [3.63, 3.8) is 0 Å². The fourth-order valence-electron chi connectivity index (χ4n) is 1.84. The molecule has 0 spiro atoms. The molecule has 4 heteroatoms. The van der Waals surface area contributed by atoms with Gasteiger partial charge in [0.15, 0.2) is 4.34 Å². The maximum Gasteiger partial charge on any atom is 0.154 e. The van der Waals surface area contributed by atoms with Crippen LogP contribution in [0.25, 0.3) is 0 Å². The van der Waals surface area contributed by atoms with Crippen LogP contribution in [0.2, 0.25) is 0 Å². The average Bonchev–Trinajstić information content (AvgIpc) is 3.06. The number of hydrogen-bond donors (Lipinski definition) is 1. The SMILES string of the molecule is Cc1ccc(Sc2nccs2)c(CNC2CC2)c1. The van der Waals surface area contributed by atoms with Crippen LogP contribution < -0.4 is 5.32 Å². The van der Waals surface area contributed by atoms with E-state index >= 15 is 0 Å². The van der Waals surface area contributed by atoms with Crippen LogP contribution in [0, 0.1) is 6.92 Å². The van der Waals surface area contributed by atoms with Gasteiger partial charge in [0.2, 0.25) is 0 Å². The van der Waals surface area contributed by atoms with E-state index in [0.29, 0.717) is 0 Å². The Balaban J connectivity index is 1.77. The number of aryl methyl sites for hydroxylation is 1.